The smallest absolute Gasteiger partial charge is 0.220 e. The summed E-state index contributed by atoms with van der Waals surface area (Å²) in [6.45, 7) is 3.67. The van der Waals surface area contributed by atoms with Crippen LogP contribution >= 0.6 is 0 Å². The first-order valence-corrected chi connectivity index (χ1v) is 34.2. The van der Waals surface area contributed by atoms with Gasteiger partial charge in [0.25, 0.3) is 0 Å². The van der Waals surface area contributed by atoms with Crippen LogP contribution in [0.2, 0.25) is 0 Å². The molecule has 1 aliphatic heterocycles. The van der Waals surface area contributed by atoms with Crippen molar-refractivity contribution in [2.45, 2.75) is 358 Å². The molecule has 9 nitrogen and oxygen atoms in total. The van der Waals surface area contributed by atoms with E-state index in [1.807, 2.05) is 6.08 Å². The van der Waals surface area contributed by atoms with E-state index < -0.39 is 49.5 Å². The third-order valence-corrected chi connectivity index (χ3v) is 16.0. The van der Waals surface area contributed by atoms with Crippen LogP contribution in [0.3, 0.4) is 0 Å². The molecule has 80 heavy (non-hydrogen) atoms. The molecule has 6 N–H and O–H groups in total. The van der Waals surface area contributed by atoms with E-state index in [0.717, 1.165) is 64.2 Å². The van der Waals surface area contributed by atoms with Gasteiger partial charge in [-0.15, -0.1) is 0 Å². The van der Waals surface area contributed by atoms with E-state index in [-0.39, 0.29) is 12.5 Å². The van der Waals surface area contributed by atoms with Gasteiger partial charge in [0.2, 0.25) is 5.91 Å². The molecule has 0 aromatic rings. The summed E-state index contributed by atoms with van der Waals surface area (Å²) in [5.74, 6) is -0.182. The van der Waals surface area contributed by atoms with E-state index in [1.54, 1.807) is 6.08 Å². The van der Waals surface area contributed by atoms with Crippen LogP contribution in [0.1, 0.15) is 316 Å². The number of unbranched alkanes of at least 4 members (excludes halogenated alkanes) is 39. The van der Waals surface area contributed by atoms with Crippen molar-refractivity contribution >= 4 is 5.91 Å². The third-order valence-electron chi connectivity index (χ3n) is 16.0. The maximum Gasteiger partial charge on any atom is 0.220 e. The lowest BCUT2D eigenvalue weighted by Crippen LogP contribution is -2.60. The Kier molecular flexibility index (Phi) is 56.5. The Labute approximate surface area is 493 Å². The van der Waals surface area contributed by atoms with Crippen molar-refractivity contribution in [1.82, 2.24) is 5.32 Å². The van der Waals surface area contributed by atoms with Crippen LogP contribution in [0.4, 0.5) is 0 Å². The molecule has 0 aliphatic carbocycles. The number of ether oxygens (including phenoxy) is 2. The number of carbonyl (C=O) groups is 1. The molecule has 0 bridgehead atoms. The van der Waals surface area contributed by atoms with Crippen molar-refractivity contribution in [3.8, 4) is 0 Å². The molecule has 0 aromatic heterocycles. The van der Waals surface area contributed by atoms with Crippen molar-refractivity contribution in [2.24, 2.45) is 0 Å². The second-order valence-corrected chi connectivity index (χ2v) is 23.6. The van der Waals surface area contributed by atoms with E-state index in [0.29, 0.717) is 6.42 Å². The summed E-state index contributed by atoms with van der Waals surface area (Å²) in [5.41, 5.74) is 0. The van der Waals surface area contributed by atoms with Crippen LogP contribution < -0.4 is 5.32 Å². The Morgan fingerprint density at radius 2 is 0.787 bits per heavy atom. The first kappa shape index (κ1) is 75.6. The molecule has 9 heteroatoms. The van der Waals surface area contributed by atoms with E-state index in [9.17, 15) is 30.3 Å². The van der Waals surface area contributed by atoms with Gasteiger partial charge in [0.15, 0.2) is 6.29 Å². The highest BCUT2D eigenvalue weighted by atomic mass is 16.7. The number of hydrogen-bond donors (Lipinski definition) is 6. The average molecular weight is 1120 g/mol. The Balaban J connectivity index is 2.04. The number of aliphatic hydroxyl groups is 5. The number of hydrogen-bond acceptors (Lipinski definition) is 8. The molecule has 0 spiro atoms. The second-order valence-electron chi connectivity index (χ2n) is 23.6. The average Bonchev–Trinajstić information content (AvgIpc) is 3.46. The maximum atomic E-state index is 13.1. The molecule has 0 saturated carbocycles. The number of nitrogens with one attached hydrogen (secondary N) is 1. The minimum absolute atomic E-state index is 0.182. The van der Waals surface area contributed by atoms with E-state index in [4.69, 9.17) is 9.47 Å². The topological polar surface area (TPSA) is 149 Å². The predicted octanol–water partition coefficient (Wildman–Crippen LogP) is 18.4. The molecule has 1 heterocycles. The Bertz CT molecular complexity index is 1490. The molecular formula is C71H129NO8. The lowest BCUT2D eigenvalue weighted by Gasteiger charge is -2.40. The molecular weight excluding hydrogens is 995 g/mol. The molecule has 466 valence electrons. The standard InChI is InChI=1S/C71H129NO8/c1-3-5-7-9-11-13-15-17-19-21-22-23-24-25-26-27-28-29-30-31-32-33-34-35-36-37-38-39-40-41-42-43-44-45-47-49-51-53-55-57-59-61-67(75)72-64(63-79-71-70(78)69(77)68(76)66(62-73)80-71)65(74)60-58-56-54-52-50-48-46-20-18-16-14-12-10-8-6-4-2/h5,7,11,13,17,19,22-23,50,52,58,60,64-66,68-71,73-74,76-78H,3-4,6,8-10,12,14-16,18,20-21,24-49,51,53-57,59,61-63H2,1-2H3,(H,72,75)/b7-5-,13-11-,19-17-,23-22-,52-50+,60-58+. The minimum Gasteiger partial charge on any atom is -0.394 e. The maximum absolute atomic E-state index is 13.1. The highest BCUT2D eigenvalue weighted by Crippen LogP contribution is 2.23. The number of rotatable bonds is 59. The molecule has 1 rings (SSSR count). The molecule has 1 aliphatic rings. The van der Waals surface area contributed by atoms with Crippen LogP contribution in [0.5, 0.6) is 0 Å². The van der Waals surface area contributed by atoms with Gasteiger partial charge in [0, 0.05) is 6.42 Å². The van der Waals surface area contributed by atoms with Crippen molar-refractivity contribution in [3.05, 3.63) is 72.9 Å². The first-order chi connectivity index (χ1) is 39.3. The van der Waals surface area contributed by atoms with Crippen LogP contribution in [-0.4, -0.2) is 87.5 Å². The normalized spacial score (nSPS) is 18.9. The first-order valence-electron chi connectivity index (χ1n) is 34.2. The molecule has 1 saturated heterocycles. The zero-order valence-corrected chi connectivity index (χ0v) is 52.1. The summed E-state index contributed by atoms with van der Waals surface area (Å²) in [7, 11) is 0. The summed E-state index contributed by atoms with van der Waals surface area (Å²) < 4.78 is 11.3. The fourth-order valence-electron chi connectivity index (χ4n) is 10.7. The van der Waals surface area contributed by atoms with E-state index in [1.165, 1.54) is 231 Å². The van der Waals surface area contributed by atoms with Crippen molar-refractivity contribution < 1.29 is 39.8 Å². The summed E-state index contributed by atoms with van der Waals surface area (Å²) in [6, 6.07) is -0.822. The molecule has 1 fully saturated rings. The van der Waals surface area contributed by atoms with Gasteiger partial charge in [-0.3, -0.25) is 4.79 Å². The molecule has 0 aromatic carbocycles. The number of aliphatic hydroxyl groups excluding tert-OH is 5. The summed E-state index contributed by atoms with van der Waals surface area (Å²) in [6.07, 6.45) is 77.4. The van der Waals surface area contributed by atoms with Crippen molar-refractivity contribution in [3.63, 3.8) is 0 Å². The van der Waals surface area contributed by atoms with Crippen LogP contribution in [0, 0.1) is 0 Å². The van der Waals surface area contributed by atoms with E-state index in [2.05, 4.69) is 79.9 Å². The lowest BCUT2D eigenvalue weighted by molar-refractivity contribution is -0.302. The van der Waals surface area contributed by atoms with Crippen LogP contribution in [0.15, 0.2) is 72.9 Å². The summed E-state index contributed by atoms with van der Waals surface area (Å²) in [4.78, 5) is 13.1. The van der Waals surface area contributed by atoms with Crippen molar-refractivity contribution in [2.75, 3.05) is 13.2 Å². The highest BCUT2D eigenvalue weighted by Gasteiger charge is 2.44. The fraction of sp³-hybridized carbons (Fsp3) is 0.817. The van der Waals surface area contributed by atoms with Gasteiger partial charge in [-0.2, -0.15) is 0 Å². The zero-order chi connectivity index (χ0) is 57.9. The van der Waals surface area contributed by atoms with Gasteiger partial charge in [0.1, 0.15) is 24.4 Å². The third kappa shape index (κ3) is 48.0. The minimum atomic E-state index is -1.57. The fourth-order valence-corrected chi connectivity index (χ4v) is 10.7. The van der Waals surface area contributed by atoms with E-state index >= 15 is 0 Å². The highest BCUT2D eigenvalue weighted by molar-refractivity contribution is 5.76. The van der Waals surface area contributed by atoms with Gasteiger partial charge in [0.05, 0.1) is 25.4 Å². The van der Waals surface area contributed by atoms with Gasteiger partial charge in [-0.1, -0.05) is 311 Å². The quantitative estimate of drug-likeness (QED) is 0.0261. The monoisotopic (exact) mass is 1120 g/mol. The van der Waals surface area contributed by atoms with Gasteiger partial charge >= 0.3 is 0 Å². The molecule has 7 atom stereocenters. The number of allylic oxidation sites excluding steroid dienone is 11. The number of carbonyl (C=O) groups excluding carboxylic acids is 1. The van der Waals surface area contributed by atoms with Gasteiger partial charge in [-0.05, 0) is 70.6 Å². The van der Waals surface area contributed by atoms with Gasteiger partial charge < -0.3 is 40.3 Å². The predicted molar refractivity (Wildman–Crippen MR) is 341 cm³/mol. The Hall–Kier alpha value is -2.37. The molecule has 1 amide bonds. The van der Waals surface area contributed by atoms with Gasteiger partial charge in [-0.25, -0.2) is 0 Å². The van der Waals surface area contributed by atoms with Crippen LogP contribution in [0.25, 0.3) is 0 Å². The summed E-state index contributed by atoms with van der Waals surface area (Å²) in [5, 5.41) is 54.6. The van der Waals surface area contributed by atoms with Crippen molar-refractivity contribution in [1.29, 1.82) is 0 Å². The second kappa shape index (κ2) is 59.8. The Morgan fingerprint density at radius 1 is 0.438 bits per heavy atom. The molecule has 0 radical (unpaired) electrons. The SMILES string of the molecule is CC/C=C\C/C=C\C/C=C\C/C=C\CCCCCCCCCCCCCCCCCCCCCCCCCCCCCCC(=O)NC(COC1OC(CO)C(O)C(O)C1O)C(O)/C=C/CC/C=C/CCCCCCCCCCCC. The Morgan fingerprint density at radius 3 is 1.20 bits per heavy atom. The number of amides is 1. The van der Waals surface area contributed by atoms with Crippen LogP contribution in [-0.2, 0) is 14.3 Å². The zero-order valence-electron chi connectivity index (χ0n) is 52.1. The lowest BCUT2D eigenvalue weighted by atomic mass is 9.99. The molecule has 7 unspecified atom stereocenters. The largest absolute Gasteiger partial charge is 0.394 e. The summed E-state index contributed by atoms with van der Waals surface area (Å²) >= 11 is 0.